The van der Waals surface area contributed by atoms with Gasteiger partial charge in [0.05, 0.1) is 6.10 Å². The molecule has 2 heterocycles. The number of hydrogen-bond acceptors (Lipinski definition) is 3. The molecule has 1 atom stereocenters. The van der Waals surface area contributed by atoms with Crippen molar-refractivity contribution in [3.8, 4) is 0 Å². The van der Waals surface area contributed by atoms with E-state index in [1.807, 2.05) is 12.1 Å². The third kappa shape index (κ3) is 1.30. The van der Waals surface area contributed by atoms with Crippen LogP contribution in [0.4, 0.5) is 0 Å². The van der Waals surface area contributed by atoms with Crippen LogP contribution in [0.1, 0.15) is 11.7 Å². The molecular formula is C9H11N3O. The van der Waals surface area contributed by atoms with Gasteiger partial charge < -0.3 is 15.8 Å². The first-order valence-corrected chi connectivity index (χ1v) is 4.13. The van der Waals surface area contributed by atoms with Crippen molar-refractivity contribution in [1.29, 1.82) is 0 Å². The second kappa shape index (κ2) is 3.16. The lowest BCUT2D eigenvalue weighted by Gasteiger charge is -2.04. The van der Waals surface area contributed by atoms with Crippen molar-refractivity contribution in [3.05, 3.63) is 30.1 Å². The molecule has 0 fully saturated rings. The summed E-state index contributed by atoms with van der Waals surface area (Å²) in [4.78, 5) is 7.09. The van der Waals surface area contributed by atoms with Crippen molar-refractivity contribution in [2.24, 2.45) is 5.73 Å². The molecule has 0 aliphatic heterocycles. The van der Waals surface area contributed by atoms with E-state index in [1.165, 1.54) is 0 Å². The molecular weight excluding hydrogens is 166 g/mol. The van der Waals surface area contributed by atoms with Crippen LogP contribution < -0.4 is 5.73 Å². The number of aromatic nitrogens is 2. The van der Waals surface area contributed by atoms with Gasteiger partial charge in [-0.1, -0.05) is 0 Å². The number of fused-ring (bicyclic) bond motifs is 1. The van der Waals surface area contributed by atoms with E-state index in [2.05, 4.69) is 9.97 Å². The van der Waals surface area contributed by atoms with Crippen LogP contribution in [0, 0.1) is 0 Å². The van der Waals surface area contributed by atoms with E-state index in [-0.39, 0.29) is 6.54 Å². The Morgan fingerprint density at radius 1 is 1.62 bits per heavy atom. The normalized spacial score (nSPS) is 13.4. The van der Waals surface area contributed by atoms with E-state index in [0.717, 1.165) is 16.6 Å². The van der Waals surface area contributed by atoms with Crippen LogP contribution in [-0.4, -0.2) is 21.6 Å². The third-order valence-electron chi connectivity index (χ3n) is 2.07. The van der Waals surface area contributed by atoms with Gasteiger partial charge in [0.15, 0.2) is 0 Å². The number of rotatable bonds is 2. The molecule has 4 N–H and O–H groups in total. The highest BCUT2D eigenvalue weighted by molar-refractivity contribution is 5.79. The van der Waals surface area contributed by atoms with E-state index >= 15 is 0 Å². The largest absolute Gasteiger partial charge is 0.387 e. The second-order valence-corrected chi connectivity index (χ2v) is 2.90. The van der Waals surface area contributed by atoms with Crippen molar-refractivity contribution in [2.75, 3.05) is 6.54 Å². The Hall–Kier alpha value is -1.39. The number of nitrogens with zero attached hydrogens (tertiary/aromatic N) is 1. The highest BCUT2D eigenvalue weighted by Crippen LogP contribution is 2.21. The van der Waals surface area contributed by atoms with Crippen molar-refractivity contribution in [3.63, 3.8) is 0 Å². The molecule has 0 amide bonds. The average Bonchev–Trinajstić information content (AvgIpc) is 2.60. The lowest BCUT2D eigenvalue weighted by atomic mass is 10.1. The van der Waals surface area contributed by atoms with Gasteiger partial charge in [0, 0.05) is 29.9 Å². The molecule has 0 aliphatic rings. The van der Waals surface area contributed by atoms with Gasteiger partial charge in [-0.25, -0.2) is 4.98 Å². The number of hydrogen-bond donors (Lipinski definition) is 3. The maximum absolute atomic E-state index is 9.54. The minimum atomic E-state index is -0.613. The number of aromatic amines is 1. The fourth-order valence-corrected chi connectivity index (χ4v) is 1.38. The molecule has 4 heteroatoms. The molecule has 2 rings (SSSR count). The van der Waals surface area contributed by atoms with Gasteiger partial charge in [-0.2, -0.15) is 0 Å². The summed E-state index contributed by atoms with van der Waals surface area (Å²) in [6.45, 7) is 0.224. The summed E-state index contributed by atoms with van der Waals surface area (Å²) < 4.78 is 0. The number of aliphatic hydroxyl groups is 1. The maximum Gasteiger partial charge on any atom is 0.137 e. The van der Waals surface area contributed by atoms with Gasteiger partial charge in [0.2, 0.25) is 0 Å². The monoisotopic (exact) mass is 177 g/mol. The lowest BCUT2D eigenvalue weighted by Crippen LogP contribution is -2.10. The molecule has 2 aromatic rings. The van der Waals surface area contributed by atoms with Crippen LogP contribution in [0.5, 0.6) is 0 Å². The summed E-state index contributed by atoms with van der Waals surface area (Å²) >= 11 is 0. The molecule has 0 unspecified atom stereocenters. The van der Waals surface area contributed by atoms with E-state index in [0.29, 0.717) is 0 Å². The summed E-state index contributed by atoms with van der Waals surface area (Å²) in [5, 5.41) is 10.5. The smallest absolute Gasteiger partial charge is 0.137 e. The molecule has 0 spiro atoms. The number of nitrogens with two attached hydrogens (primary N) is 1. The van der Waals surface area contributed by atoms with Gasteiger partial charge in [-0.15, -0.1) is 0 Å². The first kappa shape index (κ1) is 8.22. The van der Waals surface area contributed by atoms with Gasteiger partial charge in [-0.05, 0) is 12.1 Å². The first-order chi connectivity index (χ1) is 6.33. The van der Waals surface area contributed by atoms with E-state index in [4.69, 9.17) is 5.73 Å². The topological polar surface area (TPSA) is 74.9 Å². The Balaban J connectivity index is 2.57. The Bertz CT molecular complexity index is 410. The van der Waals surface area contributed by atoms with Crippen LogP contribution in [0.15, 0.2) is 24.5 Å². The van der Waals surface area contributed by atoms with Crippen LogP contribution in [0.25, 0.3) is 11.0 Å². The van der Waals surface area contributed by atoms with Crippen molar-refractivity contribution in [1.82, 2.24) is 9.97 Å². The predicted octanol–water partition coefficient (Wildman–Crippen LogP) is 0.555. The van der Waals surface area contributed by atoms with Gasteiger partial charge in [-0.3, -0.25) is 0 Å². The van der Waals surface area contributed by atoms with Gasteiger partial charge in [0.25, 0.3) is 0 Å². The van der Waals surface area contributed by atoms with Gasteiger partial charge >= 0.3 is 0 Å². The minimum Gasteiger partial charge on any atom is -0.387 e. The SMILES string of the molecule is NC[C@@H](O)c1c[nH]c2ncccc12. The standard InChI is InChI=1S/C9H11N3O/c10-4-8(13)7-5-12-9-6(7)2-1-3-11-9/h1-3,5,8,13H,4,10H2,(H,11,12)/t8-/m1/s1. The Morgan fingerprint density at radius 3 is 3.23 bits per heavy atom. The number of nitrogens with one attached hydrogen (secondary N) is 1. The summed E-state index contributed by atoms with van der Waals surface area (Å²) in [5.41, 5.74) is 6.96. The predicted molar refractivity (Wildman–Crippen MR) is 50.1 cm³/mol. The third-order valence-corrected chi connectivity index (χ3v) is 2.07. The van der Waals surface area contributed by atoms with Crippen LogP contribution in [0.3, 0.4) is 0 Å². The summed E-state index contributed by atoms with van der Waals surface area (Å²) in [6, 6.07) is 3.75. The zero-order valence-electron chi connectivity index (χ0n) is 7.07. The second-order valence-electron chi connectivity index (χ2n) is 2.90. The van der Waals surface area contributed by atoms with E-state index in [9.17, 15) is 5.11 Å². The number of aliphatic hydroxyl groups excluding tert-OH is 1. The molecule has 0 bridgehead atoms. The number of pyridine rings is 1. The fraction of sp³-hybridized carbons (Fsp3) is 0.222. The quantitative estimate of drug-likeness (QED) is 0.627. The zero-order valence-corrected chi connectivity index (χ0v) is 7.07. The van der Waals surface area contributed by atoms with Crippen LogP contribution in [0.2, 0.25) is 0 Å². The molecule has 4 nitrogen and oxygen atoms in total. The molecule has 0 saturated carbocycles. The molecule has 0 aromatic carbocycles. The Kier molecular flexibility index (Phi) is 2.00. The average molecular weight is 177 g/mol. The molecule has 13 heavy (non-hydrogen) atoms. The lowest BCUT2D eigenvalue weighted by molar-refractivity contribution is 0.188. The van der Waals surface area contributed by atoms with Crippen LogP contribution >= 0.6 is 0 Å². The highest BCUT2D eigenvalue weighted by atomic mass is 16.3. The van der Waals surface area contributed by atoms with Crippen molar-refractivity contribution in [2.45, 2.75) is 6.10 Å². The zero-order chi connectivity index (χ0) is 9.26. The van der Waals surface area contributed by atoms with Gasteiger partial charge in [0.1, 0.15) is 5.65 Å². The molecule has 0 saturated heterocycles. The van der Waals surface area contributed by atoms with Crippen molar-refractivity contribution < 1.29 is 5.11 Å². The molecule has 0 radical (unpaired) electrons. The minimum absolute atomic E-state index is 0.224. The Morgan fingerprint density at radius 2 is 2.46 bits per heavy atom. The maximum atomic E-state index is 9.54. The summed E-state index contributed by atoms with van der Waals surface area (Å²) in [7, 11) is 0. The molecule has 2 aromatic heterocycles. The summed E-state index contributed by atoms with van der Waals surface area (Å²) in [6.07, 6.45) is 2.84. The fourth-order valence-electron chi connectivity index (χ4n) is 1.38. The van der Waals surface area contributed by atoms with E-state index in [1.54, 1.807) is 12.4 Å². The highest BCUT2D eigenvalue weighted by Gasteiger charge is 2.10. The number of H-pyrrole nitrogens is 1. The molecule has 68 valence electrons. The van der Waals surface area contributed by atoms with Crippen LogP contribution in [-0.2, 0) is 0 Å². The summed E-state index contributed by atoms with van der Waals surface area (Å²) in [5.74, 6) is 0. The van der Waals surface area contributed by atoms with Crippen molar-refractivity contribution >= 4 is 11.0 Å². The molecule has 0 aliphatic carbocycles. The first-order valence-electron chi connectivity index (χ1n) is 4.13. The Labute approximate surface area is 75.4 Å². The van der Waals surface area contributed by atoms with E-state index < -0.39 is 6.10 Å².